The van der Waals surface area contributed by atoms with Gasteiger partial charge in [0.25, 0.3) is 0 Å². The molecule has 0 aliphatic heterocycles. The summed E-state index contributed by atoms with van der Waals surface area (Å²) in [6.07, 6.45) is 5.13. The van der Waals surface area contributed by atoms with Crippen LogP contribution in [0.4, 0.5) is 5.69 Å². The van der Waals surface area contributed by atoms with Crippen molar-refractivity contribution in [2.45, 2.75) is 44.8 Å². The van der Waals surface area contributed by atoms with Gasteiger partial charge in [-0.2, -0.15) is 0 Å². The van der Waals surface area contributed by atoms with Crippen molar-refractivity contribution in [3.8, 4) is 0 Å². The van der Waals surface area contributed by atoms with Crippen molar-refractivity contribution < 1.29 is 4.74 Å². The molecule has 1 aliphatic carbocycles. The van der Waals surface area contributed by atoms with Crippen LogP contribution in [0.25, 0.3) is 0 Å². The second-order valence-electron chi connectivity index (χ2n) is 4.82. The maximum absolute atomic E-state index is 6.02. The quantitative estimate of drug-likeness (QED) is 0.879. The molecule has 0 unspecified atom stereocenters. The normalized spacial score (nSPS) is 24.6. The predicted octanol–water partition coefficient (Wildman–Crippen LogP) is 4.02. The average Bonchev–Trinajstić information content (AvgIpc) is 2.35. The van der Waals surface area contributed by atoms with E-state index < -0.39 is 0 Å². The van der Waals surface area contributed by atoms with E-state index in [9.17, 15) is 0 Å². The molecule has 2 nitrogen and oxygen atoms in total. The first-order valence-corrected chi connectivity index (χ1v) is 6.62. The topological polar surface area (TPSA) is 21.3 Å². The van der Waals surface area contributed by atoms with Gasteiger partial charge in [-0.05, 0) is 56.4 Å². The van der Waals surface area contributed by atoms with Crippen LogP contribution in [0, 0.1) is 6.92 Å². The molecule has 1 fully saturated rings. The lowest BCUT2D eigenvalue weighted by Crippen LogP contribution is -2.29. The minimum Gasteiger partial charge on any atom is -0.382 e. The zero-order chi connectivity index (χ0) is 12.3. The number of halogens is 1. The second kappa shape index (κ2) is 5.74. The van der Waals surface area contributed by atoms with Gasteiger partial charge in [0.15, 0.2) is 0 Å². The Labute approximate surface area is 108 Å². The van der Waals surface area contributed by atoms with Crippen LogP contribution in [0.3, 0.4) is 0 Å². The number of hydrogen-bond acceptors (Lipinski definition) is 2. The van der Waals surface area contributed by atoms with E-state index in [-0.39, 0.29) is 0 Å². The highest BCUT2D eigenvalue weighted by Gasteiger charge is 2.20. The molecule has 0 aromatic heterocycles. The van der Waals surface area contributed by atoms with Crippen molar-refractivity contribution in [2.75, 3.05) is 12.4 Å². The van der Waals surface area contributed by atoms with Gasteiger partial charge in [-0.1, -0.05) is 11.6 Å². The third-order valence-corrected chi connectivity index (χ3v) is 3.96. The molecular formula is C14H20ClNO. The molecule has 1 N–H and O–H groups in total. The molecule has 0 bridgehead atoms. The van der Waals surface area contributed by atoms with Crippen LogP contribution in [0.2, 0.25) is 5.02 Å². The van der Waals surface area contributed by atoms with Crippen LogP contribution in [0.1, 0.15) is 31.2 Å². The van der Waals surface area contributed by atoms with Crippen molar-refractivity contribution in [2.24, 2.45) is 0 Å². The van der Waals surface area contributed by atoms with E-state index in [1.165, 1.54) is 18.5 Å². The monoisotopic (exact) mass is 253 g/mol. The van der Waals surface area contributed by atoms with E-state index in [2.05, 4.69) is 17.4 Å². The molecule has 0 amide bonds. The lowest BCUT2D eigenvalue weighted by Gasteiger charge is -2.29. The van der Waals surface area contributed by atoms with Gasteiger partial charge in [0.2, 0.25) is 0 Å². The zero-order valence-corrected chi connectivity index (χ0v) is 11.3. The highest BCUT2D eigenvalue weighted by atomic mass is 35.5. The molecule has 0 radical (unpaired) electrons. The SMILES string of the molecule is COC1CCC(Nc2ccc(Cl)c(C)c2)CC1. The number of methoxy groups -OCH3 is 1. The molecule has 3 heteroatoms. The van der Waals surface area contributed by atoms with Gasteiger partial charge in [0.05, 0.1) is 6.10 Å². The number of rotatable bonds is 3. The summed E-state index contributed by atoms with van der Waals surface area (Å²) >= 11 is 6.02. The maximum Gasteiger partial charge on any atom is 0.0572 e. The summed E-state index contributed by atoms with van der Waals surface area (Å²) in [6, 6.07) is 6.70. The number of aryl methyl sites for hydroxylation is 1. The molecule has 1 aromatic carbocycles. The van der Waals surface area contributed by atoms with Gasteiger partial charge in [-0.15, -0.1) is 0 Å². The number of hydrogen-bond donors (Lipinski definition) is 1. The van der Waals surface area contributed by atoms with E-state index in [1.54, 1.807) is 7.11 Å². The molecule has 1 aromatic rings. The lowest BCUT2D eigenvalue weighted by molar-refractivity contribution is 0.0682. The average molecular weight is 254 g/mol. The first-order chi connectivity index (χ1) is 8.19. The summed E-state index contributed by atoms with van der Waals surface area (Å²) in [4.78, 5) is 0. The second-order valence-corrected chi connectivity index (χ2v) is 5.22. The summed E-state index contributed by atoms with van der Waals surface area (Å²) in [7, 11) is 1.81. The van der Waals surface area contributed by atoms with E-state index >= 15 is 0 Å². The summed E-state index contributed by atoms with van der Waals surface area (Å²) in [5.74, 6) is 0. The van der Waals surface area contributed by atoms with Gasteiger partial charge < -0.3 is 10.1 Å². The third-order valence-electron chi connectivity index (χ3n) is 3.54. The van der Waals surface area contributed by atoms with E-state index in [0.29, 0.717) is 12.1 Å². The molecule has 94 valence electrons. The molecule has 0 spiro atoms. The summed E-state index contributed by atoms with van der Waals surface area (Å²) in [5.41, 5.74) is 2.30. The predicted molar refractivity (Wildman–Crippen MR) is 72.9 cm³/mol. The Balaban J connectivity index is 1.91. The fourth-order valence-corrected chi connectivity index (χ4v) is 2.53. The Hall–Kier alpha value is -0.730. The number of benzene rings is 1. The zero-order valence-electron chi connectivity index (χ0n) is 10.5. The fourth-order valence-electron chi connectivity index (χ4n) is 2.41. The Morgan fingerprint density at radius 2 is 1.94 bits per heavy atom. The molecule has 1 aliphatic rings. The van der Waals surface area contributed by atoms with Crippen LogP contribution in [0.15, 0.2) is 18.2 Å². The minimum absolute atomic E-state index is 0.458. The Morgan fingerprint density at radius 1 is 1.24 bits per heavy atom. The minimum atomic E-state index is 0.458. The first-order valence-electron chi connectivity index (χ1n) is 6.24. The molecule has 17 heavy (non-hydrogen) atoms. The van der Waals surface area contributed by atoms with Crippen LogP contribution >= 0.6 is 11.6 Å². The van der Waals surface area contributed by atoms with Gasteiger partial charge in [0.1, 0.15) is 0 Å². The molecule has 0 atom stereocenters. The Kier molecular flexibility index (Phi) is 4.30. The van der Waals surface area contributed by atoms with Crippen LogP contribution < -0.4 is 5.32 Å². The van der Waals surface area contributed by atoms with E-state index in [0.717, 1.165) is 23.4 Å². The van der Waals surface area contributed by atoms with Gasteiger partial charge in [0, 0.05) is 23.9 Å². The summed E-state index contributed by atoms with van der Waals surface area (Å²) in [5, 5.41) is 4.41. The Bertz CT molecular complexity index is 372. The highest BCUT2D eigenvalue weighted by molar-refractivity contribution is 6.31. The van der Waals surface area contributed by atoms with Crippen molar-refractivity contribution in [3.05, 3.63) is 28.8 Å². The van der Waals surface area contributed by atoms with Crippen molar-refractivity contribution >= 4 is 17.3 Å². The molecular weight excluding hydrogens is 234 g/mol. The van der Waals surface area contributed by atoms with Crippen LogP contribution in [-0.4, -0.2) is 19.3 Å². The summed E-state index contributed by atoms with van der Waals surface area (Å²) in [6.45, 7) is 2.04. The number of ether oxygens (including phenoxy) is 1. The first kappa shape index (κ1) is 12.7. The summed E-state index contributed by atoms with van der Waals surface area (Å²) < 4.78 is 5.38. The molecule has 2 rings (SSSR count). The Morgan fingerprint density at radius 3 is 2.53 bits per heavy atom. The third kappa shape index (κ3) is 3.36. The molecule has 0 heterocycles. The molecule has 0 saturated heterocycles. The molecule has 1 saturated carbocycles. The smallest absolute Gasteiger partial charge is 0.0572 e. The van der Waals surface area contributed by atoms with Gasteiger partial charge in [-0.25, -0.2) is 0 Å². The van der Waals surface area contributed by atoms with Gasteiger partial charge >= 0.3 is 0 Å². The van der Waals surface area contributed by atoms with Crippen LogP contribution in [-0.2, 0) is 4.74 Å². The number of anilines is 1. The van der Waals surface area contributed by atoms with Gasteiger partial charge in [-0.3, -0.25) is 0 Å². The van der Waals surface area contributed by atoms with E-state index in [1.807, 2.05) is 13.0 Å². The maximum atomic E-state index is 6.02. The highest BCUT2D eigenvalue weighted by Crippen LogP contribution is 2.25. The van der Waals surface area contributed by atoms with Crippen molar-refractivity contribution in [3.63, 3.8) is 0 Å². The van der Waals surface area contributed by atoms with E-state index in [4.69, 9.17) is 16.3 Å². The largest absolute Gasteiger partial charge is 0.382 e. The standard InChI is InChI=1S/C14H20ClNO/c1-10-9-12(5-8-14(10)15)16-11-3-6-13(17-2)7-4-11/h5,8-9,11,13,16H,3-4,6-7H2,1-2H3. The lowest BCUT2D eigenvalue weighted by atomic mass is 9.93. The number of nitrogens with one attached hydrogen (secondary N) is 1. The van der Waals surface area contributed by atoms with Crippen molar-refractivity contribution in [1.29, 1.82) is 0 Å². The van der Waals surface area contributed by atoms with Crippen molar-refractivity contribution in [1.82, 2.24) is 0 Å². The fraction of sp³-hybridized carbons (Fsp3) is 0.571. The van der Waals surface area contributed by atoms with Crippen LogP contribution in [0.5, 0.6) is 0 Å².